The molecule has 2 aromatic rings. The van der Waals surface area contributed by atoms with Crippen molar-refractivity contribution >= 4 is 5.95 Å². The van der Waals surface area contributed by atoms with Gasteiger partial charge in [-0.05, 0) is 49.3 Å². The lowest BCUT2D eigenvalue weighted by atomic mass is 9.87. The Hall–Kier alpha value is -2.51. The average molecular weight is 395 g/mol. The molecule has 0 unspecified atom stereocenters. The largest absolute Gasteiger partial charge is 0.493 e. The highest BCUT2D eigenvalue weighted by molar-refractivity contribution is 5.43. The summed E-state index contributed by atoms with van der Waals surface area (Å²) in [6.07, 6.45) is -2.14. The van der Waals surface area contributed by atoms with Gasteiger partial charge in [-0.25, -0.2) is 9.97 Å². The summed E-state index contributed by atoms with van der Waals surface area (Å²) < 4.78 is 50.9. The highest BCUT2D eigenvalue weighted by Gasteiger charge is 2.38. The Balaban J connectivity index is 1.74. The minimum atomic E-state index is -4.48. The van der Waals surface area contributed by atoms with E-state index in [1.165, 1.54) is 0 Å². The molecule has 1 aromatic heterocycles. The van der Waals surface area contributed by atoms with Crippen molar-refractivity contribution in [2.24, 2.45) is 5.92 Å². The summed E-state index contributed by atoms with van der Waals surface area (Å²) in [5, 5.41) is 2.94. The second-order valence-corrected chi connectivity index (χ2v) is 7.03. The molecule has 0 radical (unpaired) electrons. The van der Waals surface area contributed by atoms with Gasteiger partial charge in [0, 0.05) is 17.8 Å². The third kappa shape index (κ3) is 4.48. The standard InChI is InChI=1S/C20H24F3N3O2/c1-12-4-6-15-14(10-12)18(20(21,22)23)26-19(25-15)24-9-8-13-5-7-16(27-2)17(11-13)28-3/h5,7,11-12H,4,6,8-10H2,1-3H3,(H,24,25,26)/t12-/m1/s1. The predicted molar refractivity (Wildman–Crippen MR) is 100.0 cm³/mol. The number of fused-ring (bicyclic) bond motifs is 1. The highest BCUT2D eigenvalue weighted by atomic mass is 19.4. The van der Waals surface area contributed by atoms with Crippen LogP contribution >= 0.6 is 0 Å². The summed E-state index contributed by atoms with van der Waals surface area (Å²) in [5.74, 6) is 1.47. The van der Waals surface area contributed by atoms with Gasteiger partial charge in [0.05, 0.1) is 14.2 Å². The maximum absolute atomic E-state index is 13.5. The van der Waals surface area contributed by atoms with Crippen LogP contribution in [-0.4, -0.2) is 30.7 Å². The van der Waals surface area contributed by atoms with Crippen molar-refractivity contribution < 1.29 is 22.6 Å². The summed E-state index contributed by atoms with van der Waals surface area (Å²) in [5.41, 5.74) is 0.913. The number of nitrogens with zero attached hydrogens (tertiary/aromatic N) is 2. The van der Waals surface area contributed by atoms with Crippen LogP contribution in [0.5, 0.6) is 11.5 Å². The molecule has 1 aliphatic rings. The van der Waals surface area contributed by atoms with Gasteiger partial charge < -0.3 is 14.8 Å². The fourth-order valence-electron chi connectivity index (χ4n) is 3.45. The van der Waals surface area contributed by atoms with Crippen LogP contribution in [0.25, 0.3) is 0 Å². The third-order valence-corrected chi connectivity index (χ3v) is 4.93. The van der Waals surface area contributed by atoms with E-state index in [2.05, 4.69) is 15.3 Å². The van der Waals surface area contributed by atoms with Gasteiger partial charge in [-0.3, -0.25) is 0 Å². The molecule has 0 aliphatic heterocycles. The molecule has 0 fully saturated rings. The van der Waals surface area contributed by atoms with E-state index in [1.807, 2.05) is 19.1 Å². The van der Waals surface area contributed by atoms with Crippen molar-refractivity contribution in [1.29, 1.82) is 0 Å². The topological polar surface area (TPSA) is 56.3 Å². The van der Waals surface area contributed by atoms with E-state index in [-0.39, 0.29) is 17.4 Å². The summed E-state index contributed by atoms with van der Waals surface area (Å²) in [4.78, 5) is 8.14. The number of anilines is 1. The van der Waals surface area contributed by atoms with E-state index in [9.17, 15) is 13.2 Å². The van der Waals surface area contributed by atoms with Crippen molar-refractivity contribution in [3.05, 3.63) is 40.7 Å². The molecule has 1 atom stereocenters. The van der Waals surface area contributed by atoms with Crippen LogP contribution in [0.1, 0.15) is 35.9 Å². The highest BCUT2D eigenvalue weighted by Crippen LogP contribution is 2.36. The molecule has 0 saturated heterocycles. The summed E-state index contributed by atoms with van der Waals surface area (Å²) >= 11 is 0. The molecule has 1 heterocycles. The lowest BCUT2D eigenvalue weighted by Crippen LogP contribution is -2.23. The minimum Gasteiger partial charge on any atom is -0.493 e. The molecular weight excluding hydrogens is 371 g/mol. The normalized spacial score (nSPS) is 16.4. The van der Waals surface area contributed by atoms with Crippen molar-refractivity contribution in [2.75, 3.05) is 26.1 Å². The first kappa shape index (κ1) is 20.2. The van der Waals surface area contributed by atoms with Crippen LogP contribution in [0, 0.1) is 5.92 Å². The Kier molecular flexibility index (Phi) is 5.96. The summed E-state index contributed by atoms with van der Waals surface area (Å²) in [7, 11) is 3.12. The molecule has 0 bridgehead atoms. The van der Waals surface area contributed by atoms with Gasteiger partial charge in [-0.1, -0.05) is 13.0 Å². The van der Waals surface area contributed by atoms with Gasteiger partial charge in [0.2, 0.25) is 5.95 Å². The van der Waals surface area contributed by atoms with Crippen molar-refractivity contribution in [1.82, 2.24) is 9.97 Å². The Morgan fingerprint density at radius 3 is 2.57 bits per heavy atom. The lowest BCUT2D eigenvalue weighted by Gasteiger charge is -2.24. The molecule has 5 nitrogen and oxygen atoms in total. The second-order valence-electron chi connectivity index (χ2n) is 7.03. The molecular formula is C20H24F3N3O2. The number of aromatic nitrogens is 2. The lowest BCUT2D eigenvalue weighted by molar-refractivity contribution is -0.142. The molecule has 8 heteroatoms. The fraction of sp³-hybridized carbons (Fsp3) is 0.500. The maximum atomic E-state index is 13.5. The predicted octanol–water partition coefficient (Wildman–Crippen LogP) is 4.29. The van der Waals surface area contributed by atoms with E-state index >= 15 is 0 Å². The van der Waals surface area contributed by atoms with Crippen LogP contribution in [0.15, 0.2) is 18.2 Å². The Morgan fingerprint density at radius 1 is 1.14 bits per heavy atom. The van der Waals surface area contributed by atoms with Crippen molar-refractivity contribution in [3.8, 4) is 11.5 Å². The number of hydrogen-bond acceptors (Lipinski definition) is 5. The van der Waals surface area contributed by atoms with E-state index in [4.69, 9.17) is 9.47 Å². The molecule has 152 valence electrons. The van der Waals surface area contributed by atoms with Crippen LogP contribution in [0.3, 0.4) is 0 Å². The van der Waals surface area contributed by atoms with Crippen LogP contribution in [0.2, 0.25) is 0 Å². The number of methoxy groups -OCH3 is 2. The number of rotatable bonds is 6. The Morgan fingerprint density at radius 2 is 1.89 bits per heavy atom. The maximum Gasteiger partial charge on any atom is 0.433 e. The minimum absolute atomic E-state index is 0.0288. The number of hydrogen-bond donors (Lipinski definition) is 1. The fourth-order valence-corrected chi connectivity index (χ4v) is 3.45. The molecule has 0 saturated carbocycles. The number of halogens is 3. The van der Waals surface area contributed by atoms with Gasteiger partial charge in [0.1, 0.15) is 0 Å². The van der Waals surface area contributed by atoms with Gasteiger partial charge in [-0.2, -0.15) is 13.2 Å². The molecule has 1 aliphatic carbocycles. The van der Waals surface area contributed by atoms with Crippen LogP contribution < -0.4 is 14.8 Å². The SMILES string of the molecule is COc1ccc(CCNc2nc3c(c(C(F)(F)F)n2)C[C@H](C)CC3)cc1OC. The van der Waals surface area contributed by atoms with Crippen molar-refractivity contribution in [3.63, 3.8) is 0 Å². The van der Waals surface area contributed by atoms with E-state index in [1.54, 1.807) is 20.3 Å². The number of nitrogens with one attached hydrogen (secondary N) is 1. The molecule has 1 N–H and O–H groups in total. The molecule has 0 amide bonds. The van der Waals surface area contributed by atoms with Gasteiger partial charge >= 0.3 is 6.18 Å². The zero-order valence-corrected chi connectivity index (χ0v) is 16.2. The molecule has 3 rings (SSSR count). The Labute approximate surface area is 162 Å². The smallest absolute Gasteiger partial charge is 0.433 e. The zero-order valence-electron chi connectivity index (χ0n) is 16.2. The molecule has 28 heavy (non-hydrogen) atoms. The number of ether oxygens (including phenoxy) is 2. The van der Waals surface area contributed by atoms with E-state index < -0.39 is 11.9 Å². The monoisotopic (exact) mass is 395 g/mol. The summed E-state index contributed by atoms with van der Waals surface area (Å²) in [6, 6.07) is 5.53. The quantitative estimate of drug-likeness (QED) is 0.791. The average Bonchev–Trinajstić information content (AvgIpc) is 2.66. The van der Waals surface area contributed by atoms with Crippen LogP contribution in [-0.2, 0) is 25.4 Å². The van der Waals surface area contributed by atoms with Crippen LogP contribution in [0.4, 0.5) is 19.1 Å². The number of aryl methyl sites for hydroxylation is 1. The zero-order chi connectivity index (χ0) is 20.3. The first-order valence-corrected chi connectivity index (χ1v) is 9.23. The van der Waals surface area contributed by atoms with Gasteiger partial charge in [0.15, 0.2) is 17.2 Å². The molecule has 0 spiro atoms. The van der Waals surface area contributed by atoms with E-state index in [0.717, 1.165) is 12.0 Å². The van der Waals surface area contributed by atoms with Gasteiger partial charge in [0.25, 0.3) is 0 Å². The first-order chi connectivity index (χ1) is 13.3. The second kappa shape index (κ2) is 8.24. The van der Waals surface area contributed by atoms with E-state index in [0.29, 0.717) is 43.0 Å². The first-order valence-electron chi connectivity index (χ1n) is 9.23. The number of benzene rings is 1. The third-order valence-electron chi connectivity index (χ3n) is 4.93. The Bertz CT molecular complexity index is 840. The number of alkyl halides is 3. The summed E-state index contributed by atoms with van der Waals surface area (Å²) in [6.45, 7) is 2.36. The van der Waals surface area contributed by atoms with Crippen molar-refractivity contribution in [2.45, 2.75) is 38.8 Å². The molecule has 1 aromatic carbocycles. The van der Waals surface area contributed by atoms with Gasteiger partial charge in [-0.15, -0.1) is 0 Å².